The maximum absolute atomic E-state index is 11.9. The zero-order valence-electron chi connectivity index (χ0n) is 18.1. The summed E-state index contributed by atoms with van der Waals surface area (Å²) in [7, 11) is 1.82. The predicted molar refractivity (Wildman–Crippen MR) is 120 cm³/mol. The third kappa shape index (κ3) is 12.3. The molecule has 6 nitrogen and oxygen atoms in total. The second-order valence-electron chi connectivity index (χ2n) is 8.12. The summed E-state index contributed by atoms with van der Waals surface area (Å²) in [6.07, 6.45) is 13.0. The molecule has 1 rings (SSSR count). The second-order valence-corrected chi connectivity index (χ2v) is 8.63. The van der Waals surface area contributed by atoms with Gasteiger partial charge in [0.25, 0.3) is 0 Å². The number of alkyl halides is 1. The van der Waals surface area contributed by atoms with Gasteiger partial charge in [0.05, 0.1) is 12.8 Å². The standard InChI is InChI=1S/C22H36ClN3O3/c1-6-7-8-9-20(23)25-15-19(14-24-5)28-16-17-10-12-18(13-11-17)26-21(27)29-22(2,3)4/h6-8,14-15,17-18,20,24H,1,9-13,16H2,2-5H3,(H,26,27)/b8-7-,19-14+,25-15-. The van der Waals surface area contributed by atoms with Gasteiger partial charge < -0.3 is 20.1 Å². The first-order chi connectivity index (χ1) is 13.7. The number of alkyl carbamates (subject to hydrolysis) is 1. The van der Waals surface area contributed by atoms with Crippen LogP contribution in [0.4, 0.5) is 4.79 Å². The highest BCUT2D eigenvalue weighted by Gasteiger charge is 2.25. The average molecular weight is 426 g/mol. The van der Waals surface area contributed by atoms with Crippen LogP contribution in [0.3, 0.4) is 0 Å². The number of halogens is 1. The van der Waals surface area contributed by atoms with Gasteiger partial charge in [-0.25, -0.2) is 4.79 Å². The number of nitrogens with one attached hydrogen (secondary N) is 2. The summed E-state index contributed by atoms with van der Waals surface area (Å²) in [6.45, 7) is 9.84. The van der Waals surface area contributed by atoms with Crippen molar-refractivity contribution < 1.29 is 14.3 Å². The fourth-order valence-electron chi connectivity index (χ4n) is 2.92. The molecule has 1 aliphatic carbocycles. The van der Waals surface area contributed by atoms with E-state index in [4.69, 9.17) is 21.1 Å². The van der Waals surface area contributed by atoms with Crippen LogP contribution in [0.5, 0.6) is 0 Å². The summed E-state index contributed by atoms with van der Waals surface area (Å²) >= 11 is 6.18. The summed E-state index contributed by atoms with van der Waals surface area (Å²) < 4.78 is 11.3. The Balaban J connectivity index is 2.38. The summed E-state index contributed by atoms with van der Waals surface area (Å²) in [5.41, 5.74) is -0.819. The lowest BCUT2D eigenvalue weighted by atomic mass is 9.86. The van der Waals surface area contributed by atoms with Gasteiger partial charge in [-0.2, -0.15) is 0 Å². The van der Waals surface area contributed by atoms with E-state index < -0.39 is 5.60 Å². The first-order valence-electron chi connectivity index (χ1n) is 10.2. The molecule has 1 aliphatic rings. The van der Waals surface area contributed by atoms with Gasteiger partial charge in [-0.1, -0.05) is 36.4 Å². The summed E-state index contributed by atoms with van der Waals surface area (Å²) in [5.74, 6) is 1.10. The summed E-state index contributed by atoms with van der Waals surface area (Å²) in [5, 5.41) is 5.93. The van der Waals surface area contributed by atoms with Crippen LogP contribution in [0, 0.1) is 5.92 Å². The van der Waals surface area contributed by atoms with Crippen molar-refractivity contribution in [3.63, 3.8) is 0 Å². The Labute approximate surface area is 180 Å². The van der Waals surface area contributed by atoms with Crippen molar-refractivity contribution in [2.75, 3.05) is 13.7 Å². The maximum Gasteiger partial charge on any atom is 0.407 e. The van der Waals surface area contributed by atoms with Gasteiger partial charge in [-0.15, -0.1) is 0 Å². The van der Waals surface area contributed by atoms with Crippen LogP contribution in [-0.4, -0.2) is 43.1 Å². The Morgan fingerprint density at radius 2 is 2.00 bits per heavy atom. The second kappa shape index (κ2) is 13.3. The highest BCUT2D eigenvalue weighted by atomic mass is 35.5. The number of carbonyl (C=O) groups excluding carboxylic acids is 1. The number of hydrogen-bond donors (Lipinski definition) is 2. The lowest BCUT2D eigenvalue weighted by molar-refractivity contribution is 0.0480. The van der Waals surface area contributed by atoms with E-state index in [1.165, 1.54) is 0 Å². The molecule has 0 heterocycles. The minimum absolute atomic E-state index is 0.163. The topological polar surface area (TPSA) is 72.0 Å². The number of hydrogen-bond acceptors (Lipinski definition) is 5. The fraction of sp³-hybridized carbons (Fsp3) is 0.636. The zero-order valence-corrected chi connectivity index (χ0v) is 18.9. The Hall–Kier alpha value is -1.95. The third-order valence-corrected chi connectivity index (χ3v) is 4.60. The van der Waals surface area contributed by atoms with Crippen LogP contribution in [0.1, 0.15) is 52.9 Å². The van der Waals surface area contributed by atoms with Gasteiger partial charge in [-0.05, 0) is 52.4 Å². The maximum atomic E-state index is 11.9. The van der Waals surface area contributed by atoms with Crippen molar-refractivity contribution in [1.82, 2.24) is 10.6 Å². The molecule has 2 N–H and O–H groups in total. The molecule has 29 heavy (non-hydrogen) atoms. The van der Waals surface area contributed by atoms with Crippen molar-refractivity contribution >= 4 is 23.9 Å². The lowest BCUT2D eigenvalue weighted by Crippen LogP contribution is -2.41. The molecule has 1 amide bonds. The molecular weight excluding hydrogens is 390 g/mol. The molecule has 0 spiro atoms. The third-order valence-electron chi connectivity index (χ3n) is 4.31. The van der Waals surface area contributed by atoms with Crippen LogP contribution in [0.25, 0.3) is 0 Å². The molecule has 0 bridgehead atoms. The first-order valence-corrected chi connectivity index (χ1v) is 10.6. The fourth-order valence-corrected chi connectivity index (χ4v) is 3.08. The van der Waals surface area contributed by atoms with Crippen LogP contribution in [0.2, 0.25) is 0 Å². The molecule has 0 aromatic heterocycles. The molecule has 0 aromatic carbocycles. The van der Waals surface area contributed by atoms with E-state index in [1.807, 2.05) is 40.0 Å². The molecule has 0 aliphatic heterocycles. The summed E-state index contributed by atoms with van der Waals surface area (Å²) in [4.78, 5) is 16.2. The summed E-state index contributed by atoms with van der Waals surface area (Å²) in [6, 6.07) is 0.163. The van der Waals surface area contributed by atoms with Gasteiger partial charge in [0.2, 0.25) is 0 Å². The van der Waals surface area contributed by atoms with E-state index in [0.29, 0.717) is 24.7 Å². The number of nitrogens with zero attached hydrogens (tertiary/aromatic N) is 1. The molecule has 7 heteroatoms. The average Bonchev–Trinajstić information content (AvgIpc) is 2.64. The van der Waals surface area contributed by atoms with E-state index >= 15 is 0 Å². The number of aliphatic imine (C=N–C) groups is 1. The minimum Gasteiger partial charge on any atom is -0.490 e. The number of rotatable bonds is 10. The SMILES string of the molecule is C=C/C=C\CC(Cl)/N=C\C(=C/NC)OCC1CCC(NC(=O)OC(C)(C)C)CC1. The predicted octanol–water partition coefficient (Wildman–Crippen LogP) is 4.92. The van der Waals surface area contributed by atoms with Crippen LogP contribution >= 0.6 is 11.6 Å². The van der Waals surface area contributed by atoms with Crippen molar-refractivity contribution in [3.05, 3.63) is 36.8 Å². The molecule has 1 fully saturated rings. The minimum atomic E-state index is -0.475. The normalized spacial score (nSPS) is 21.8. The Morgan fingerprint density at radius 1 is 1.31 bits per heavy atom. The smallest absolute Gasteiger partial charge is 0.407 e. The molecule has 0 radical (unpaired) electrons. The van der Waals surface area contributed by atoms with Gasteiger partial charge in [0, 0.05) is 25.7 Å². The largest absolute Gasteiger partial charge is 0.490 e. The number of ether oxygens (including phenoxy) is 2. The van der Waals surface area contributed by atoms with E-state index in [-0.39, 0.29) is 17.6 Å². The van der Waals surface area contributed by atoms with Crippen molar-refractivity contribution in [3.8, 4) is 0 Å². The van der Waals surface area contributed by atoms with Gasteiger partial charge >= 0.3 is 6.09 Å². The van der Waals surface area contributed by atoms with Crippen molar-refractivity contribution in [1.29, 1.82) is 0 Å². The Bertz CT molecular complexity index is 589. The number of carbonyl (C=O) groups is 1. The molecule has 1 atom stereocenters. The van der Waals surface area contributed by atoms with Crippen LogP contribution in [-0.2, 0) is 9.47 Å². The number of amides is 1. The van der Waals surface area contributed by atoms with Crippen LogP contribution in [0.15, 0.2) is 41.8 Å². The van der Waals surface area contributed by atoms with Crippen molar-refractivity contribution in [2.45, 2.75) is 70.0 Å². The number of allylic oxidation sites excluding steroid dienone is 3. The van der Waals surface area contributed by atoms with Crippen LogP contribution < -0.4 is 10.6 Å². The molecule has 164 valence electrons. The van der Waals surface area contributed by atoms with Gasteiger partial charge in [-0.3, -0.25) is 4.99 Å². The van der Waals surface area contributed by atoms with E-state index in [2.05, 4.69) is 22.2 Å². The zero-order chi connectivity index (χ0) is 21.7. The van der Waals surface area contributed by atoms with Crippen molar-refractivity contribution in [2.24, 2.45) is 10.9 Å². The van der Waals surface area contributed by atoms with E-state index in [0.717, 1.165) is 25.7 Å². The highest BCUT2D eigenvalue weighted by molar-refractivity contribution is 6.21. The van der Waals surface area contributed by atoms with E-state index in [1.54, 1.807) is 18.5 Å². The Morgan fingerprint density at radius 3 is 2.59 bits per heavy atom. The molecule has 0 aromatic rings. The first kappa shape index (κ1) is 25.1. The molecule has 1 unspecified atom stereocenters. The molecular formula is C22H36ClN3O3. The Kier molecular flexibility index (Phi) is 11.5. The highest BCUT2D eigenvalue weighted by Crippen LogP contribution is 2.25. The quantitative estimate of drug-likeness (QED) is 0.171. The monoisotopic (exact) mass is 425 g/mol. The molecule has 1 saturated carbocycles. The van der Waals surface area contributed by atoms with E-state index in [9.17, 15) is 4.79 Å². The lowest BCUT2D eigenvalue weighted by Gasteiger charge is -2.30. The molecule has 0 saturated heterocycles. The van der Waals surface area contributed by atoms with Gasteiger partial charge in [0.15, 0.2) is 5.76 Å². The van der Waals surface area contributed by atoms with Gasteiger partial charge in [0.1, 0.15) is 11.1 Å².